The fourth-order valence-electron chi connectivity index (χ4n) is 4.14. The Kier molecular flexibility index (Phi) is 3.60. The SMILES string of the molecule is Cc1ncsc1CN1C[C@@H]2c3cc(-c4ccoc4)ccc3S(=O)(=O)[C@H]2C1. The van der Waals surface area contributed by atoms with Gasteiger partial charge in [-0.2, -0.15) is 0 Å². The van der Waals surface area contributed by atoms with E-state index in [4.69, 9.17) is 4.42 Å². The zero-order valence-electron chi connectivity index (χ0n) is 14.3. The predicted octanol–water partition coefficient (Wildman–Crippen LogP) is 3.47. The highest BCUT2D eigenvalue weighted by atomic mass is 32.2. The standard InChI is InChI=1S/C19H18N2O3S2/c1-12-17(25-11-20-12)8-21-7-16-15-6-13(14-4-5-24-10-14)2-3-18(15)26(22,23)19(16)9-21/h2-6,10-11,16,19H,7-9H2,1H3/t16-,19+/m1/s1. The zero-order chi connectivity index (χ0) is 17.9. The minimum Gasteiger partial charge on any atom is -0.472 e. The van der Waals surface area contributed by atoms with Crippen LogP contribution in [0.25, 0.3) is 11.1 Å². The van der Waals surface area contributed by atoms with Gasteiger partial charge in [-0.25, -0.2) is 13.4 Å². The molecule has 3 aromatic rings. The molecule has 1 fully saturated rings. The molecule has 7 heteroatoms. The quantitative estimate of drug-likeness (QED) is 0.690. The van der Waals surface area contributed by atoms with Gasteiger partial charge < -0.3 is 4.42 Å². The number of benzene rings is 1. The maximum Gasteiger partial charge on any atom is 0.183 e. The molecule has 26 heavy (non-hydrogen) atoms. The van der Waals surface area contributed by atoms with Crippen molar-refractivity contribution in [3.05, 3.63) is 58.4 Å². The number of aryl methyl sites for hydroxylation is 1. The third kappa shape index (κ3) is 2.38. The lowest BCUT2D eigenvalue weighted by Crippen LogP contribution is -2.25. The molecule has 2 aliphatic rings. The maximum absolute atomic E-state index is 13.0. The minimum absolute atomic E-state index is 0.0371. The van der Waals surface area contributed by atoms with Gasteiger partial charge >= 0.3 is 0 Å². The smallest absolute Gasteiger partial charge is 0.183 e. The van der Waals surface area contributed by atoms with Gasteiger partial charge in [-0.15, -0.1) is 11.3 Å². The van der Waals surface area contributed by atoms with E-state index in [9.17, 15) is 8.42 Å². The molecule has 5 rings (SSSR count). The van der Waals surface area contributed by atoms with Crippen LogP contribution in [0.2, 0.25) is 0 Å². The molecule has 0 bridgehead atoms. The maximum atomic E-state index is 13.0. The Bertz CT molecular complexity index is 1070. The first-order valence-electron chi connectivity index (χ1n) is 8.56. The number of thiazole rings is 1. The number of likely N-dealkylation sites (tertiary alicyclic amines) is 1. The summed E-state index contributed by atoms with van der Waals surface area (Å²) in [5, 5.41) is -0.342. The fraction of sp³-hybridized carbons (Fsp3) is 0.316. The van der Waals surface area contributed by atoms with Crippen LogP contribution in [0.5, 0.6) is 0 Å². The average Bonchev–Trinajstić information content (AvgIpc) is 3.38. The molecular weight excluding hydrogens is 368 g/mol. The van der Waals surface area contributed by atoms with Crippen LogP contribution >= 0.6 is 11.3 Å². The normalized spacial score (nSPS) is 23.9. The third-order valence-electron chi connectivity index (χ3n) is 5.52. The molecule has 1 aromatic carbocycles. The van der Waals surface area contributed by atoms with Crippen molar-refractivity contribution in [1.82, 2.24) is 9.88 Å². The Morgan fingerprint density at radius 1 is 1.27 bits per heavy atom. The van der Waals surface area contributed by atoms with E-state index in [0.29, 0.717) is 11.4 Å². The Labute approximate surface area is 156 Å². The first kappa shape index (κ1) is 16.2. The Hall–Kier alpha value is -1.96. The number of furan rings is 1. The number of hydrogen-bond donors (Lipinski definition) is 0. The lowest BCUT2D eigenvalue weighted by atomic mass is 9.95. The van der Waals surface area contributed by atoms with Crippen LogP contribution in [0.15, 0.2) is 51.6 Å². The topological polar surface area (TPSA) is 63.4 Å². The van der Waals surface area contributed by atoms with Crippen LogP contribution in [0.4, 0.5) is 0 Å². The third-order valence-corrected chi connectivity index (χ3v) is 8.70. The number of fused-ring (bicyclic) bond motifs is 3. The summed E-state index contributed by atoms with van der Waals surface area (Å²) < 4.78 is 31.2. The fourth-order valence-corrected chi connectivity index (χ4v) is 7.16. The van der Waals surface area contributed by atoms with Crippen LogP contribution in [-0.4, -0.2) is 36.6 Å². The zero-order valence-corrected chi connectivity index (χ0v) is 15.9. The van der Waals surface area contributed by atoms with Crippen molar-refractivity contribution in [3.63, 3.8) is 0 Å². The van der Waals surface area contributed by atoms with Crippen LogP contribution < -0.4 is 0 Å². The lowest BCUT2D eigenvalue weighted by molar-refractivity contribution is 0.327. The van der Waals surface area contributed by atoms with Crippen molar-refractivity contribution >= 4 is 21.2 Å². The van der Waals surface area contributed by atoms with Gasteiger partial charge in [0, 0.05) is 36.0 Å². The molecule has 2 aliphatic heterocycles. The summed E-state index contributed by atoms with van der Waals surface area (Å²) >= 11 is 1.64. The molecule has 0 spiro atoms. The summed E-state index contributed by atoms with van der Waals surface area (Å²) in [5.74, 6) is 0.0371. The number of rotatable bonds is 3. The number of hydrogen-bond acceptors (Lipinski definition) is 6. The van der Waals surface area contributed by atoms with Gasteiger partial charge in [0.05, 0.1) is 33.9 Å². The van der Waals surface area contributed by atoms with Crippen LogP contribution in [0.1, 0.15) is 22.1 Å². The second-order valence-corrected chi connectivity index (χ2v) is 10.1. The van der Waals surface area contributed by atoms with Crippen molar-refractivity contribution in [2.24, 2.45) is 0 Å². The highest BCUT2D eigenvalue weighted by Gasteiger charge is 2.50. The first-order chi connectivity index (χ1) is 12.5. The van der Waals surface area contributed by atoms with Gasteiger partial charge in [0.25, 0.3) is 0 Å². The molecule has 5 nitrogen and oxygen atoms in total. The monoisotopic (exact) mass is 386 g/mol. The van der Waals surface area contributed by atoms with Gasteiger partial charge in [0.2, 0.25) is 0 Å². The van der Waals surface area contributed by atoms with Crippen LogP contribution in [0, 0.1) is 6.92 Å². The first-order valence-corrected chi connectivity index (χ1v) is 11.0. The summed E-state index contributed by atoms with van der Waals surface area (Å²) in [5.41, 5.74) is 5.83. The summed E-state index contributed by atoms with van der Waals surface area (Å²) in [6.45, 7) is 4.13. The van der Waals surface area contributed by atoms with Crippen molar-refractivity contribution in [1.29, 1.82) is 0 Å². The van der Waals surface area contributed by atoms with Crippen LogP contribution in [0.3, 0.4) is 0 Å². The van der Waals surface area contributed by atoms with E-state index in [2.05, 4.69) is 9.88 Å². The highest BCUT2D eigenvalue weighted by Crippen LogP contribution is 2.46. The van der Waals surface area contributed by atoms with E-state index in [0.717, 1.165) is 35.5 Å². The van der Waals surface area contributed by atoms with E-state index in [1.165, 1.54) is 4.88 Å². The van der Waals surface area contributed by atoms with E-state index in [1.807, 2.05) is 30.6 Å². The van der Waals surface area contributed by atoms with E-state index in [-0.39, 0.29) is 11.2 Å². The summed E-state index contributed by atoms with van der Waals surface area (Å²) in [7, 11) is -3.27. The van der Waals surface area contributed by atoms with Gasteiger partial charge in [0.1, 0.15) is 0 Å². The van der Waals surface area contributed by atoms with Gasteiger partial charge in [-0.3, -0.25) is 4.90 Å². The molecule has 0 aliphatic carbocycles. The van der Waals surface area contributed by atoms with Crippen molar-refractivity contribution in [2.45, 2.75) is 29.5 Å². The van der Waals surface area contributed by atoms with E-state index < -0.39 is 9.84 Å². The second-order valence-electron chi connectivity index (χ2n) is 7.01. The van der Waals surface area contributed by atoms with Crippen LogP contribution in [-0.2, 0) is 16.4 Å². The summed E-state index contributed by atoms with van der Waals surface area (Å²) in [6.07, 6.45) is 3.33. The largest absolute Gasteiger partial charge is 0.472 e. The molecule has 4 heterocycles. The average molecular weight is 386 g/mol. The molecule has 0 amide bonds. The molecule has 0 radical (unpaired) electrons. The van der Waals surface area contributed by atoms with Gasteiger partial charge in [-0.1, -0.05) is 6.07 Å². The Morgan fingerprint density at radius 2 is 2.15 bits per heavy atom. The summed E-state index contributed by atoms with van der Waals surface area (Å²) in [4.78, 5) is 8.28. The van der Waals surface area contributed by atoms with Gasteiger partial charge in [-0.05, 0) is 36.2 Å². The van der Waals surface area contributed by atoms with Crippen molar-refractivity contribution in [3.8, 4) is 11.1 Å². The molecule has 134 valence electrons. The highest BCUT2D eigenvalue weighted by molar-refractivity contribution is 7.92. The van der Waals surface area contributed by atoms with E-state index in [1.54, 1.807) is 29.9 Å². The molecule has 2 aromatic heterocycles. The van der Waals surface area contributed by atoms with Gasteiger partial charge in [0.15, 0.2) is 9.84 Å². The lowest BCUT2D eigenvalue weighted by Gasteiger charge is -2.16. The molecular formula is C19H18N2O3S2. The molecule has 1 saturated heterocycles. The Balaban J connectivity index is 1.50. The molecule has 0 N–H and O–H groups in total. The van der Waals surface area contributed by atoms with Crippen molar-refractivity contribution in [2.75, 3.05) is 13.1 Å². The number of aromatic nitrogens is 1. The Morgan fingerprint density at radius 3 is 2.88 bits per heavy atom. The molecule has 0 saturated carbocycles. The van der Waals surface area contributed by atoms with Crippen molar-refractivity contribution < 1.29 is 12.8 Å². The summed E-state index contributed by atoms with van der Waals surface area (Å²) in [6, 6.07) is 7.57. The second kappa shape index (κ2) is 5.77. The molecule has 2 atom stereocenters. The minimum atomic E-state index is -3.27. The molecule has 0 unspecified atom stereocenters. The van der Waals surface area contributed by atoms with E-state index >= 15 is 0 Å². The predicted molar refractivity (Wildman–Crippen MR) is 100.0 cm³/mol. The number of nitrogens with zero attached hydrogens (tertiary/aromatic N) is 2. The number of sulfone groups is 1.